The molecule has 2 atom stereocenters. The first kappa shape index (κ1) is 118. The predicted molar refractivity (Wildman–Crippen MR) is 553 cm³/mol. The van der Waals surface area contributed by atoms with Crippen LogP contribution in [-0.2, 0) is 82.3 Å². The Morgan fingerprint density at radius 3 is 0.712 bits per heavy atom. The van der Waals surface area contributed by atoms with Crippen LogP contribution in [0.25, 0.3) is 0 Å². The summed E-state index contributed by atoms with van der Waals surface area (Å²) in [4.78, 5) is 0. The normalized spacial score (nSPS) is 16.7. The fourth-order valence-corrected chi connectivity index (χ4v) is 108. The fourth-order valence-electron chi connectivity index (χ4n) is 13.4. The highest BCUT2D eigenvalue weighted by molar-refractivity contribution is 6.95. The molecule has 668 valence electrons. The van der Waals surface area contributed by atoms with E-state index < -0.39 is 188 Å². The standard InChI is InChI=1S/C45H122O12Si16.C18H62O8Si12/c1-35-39-70(55-67(29,30)40-36-43-71(46-58(2,3)4,47-59(5,6)7)48-60(8,9)10,56-68(31,32)41-37-44-72(49-61(11,12)13,50-62(14,15)16)51-63(17,18)19)57-69(33,34)42-38-45-73(52-64(20,21)22,53-65(23,24)25)54-66(26,27)28;1-29-21-31-13-10-15-34(5)24-37(9,25-35(6)16-11-14-32-22-30-2)26-36(7,8)17-12-18-38(19-27,20-28)23-33(3)4/h35H,1,36-45H2,2-34H3;33-35H,10-18,29-32H2,1-9,27-28H3. The molecule has 0 aliphatic heterocycles. The van der Waals surface area contributed by atoms with Gasteiger partial charge in [-0.3, -0.25) is 0 Å². The van der Waals surface area contributed by atoms with Crippen LogP contribution in [0, 0.1) is 0 Å². The van der Waals surface area contributed by atoms with Crippen LogP contribution in [0.1, 0.15) is 38.5 Å². The van der Waals surface area contributed by atoms with E-state index in [1.54, 1.807) is 0 Å². The van der Waals surface area contributed by atoms with E-state index in [1.807, 2.05) is 6.08 Å². The van der Waals surface area contributed by atoms with Gasteiger partial charge in [0.25, 0.3) is 0 Å². The third-order valence-electron chi connectivity index (χ3n) is 15.9. The van der Waals surface area contributed by atoms with Gasteiger partial charge in [0.2, 0.25) is 0 Å². The molecule has 0 N–H and O–H groups in total. The van der Waals surface area contributed by atoms with Gasteiger partial charge in [-0.25, -0.2) is 0 Å². The zero-order chi connectivity index (χ0) is 87.3. The maximum Gasteiger partial charge on any atom is 0.473 e. The first-order valence-corrected chi connectivity index (χ1v) is 114. The smallest absolute Gasteiger partial charge is 0.465 e. The minimum atomic E-state index is -3.45. The molecule has 0 aromatic rings. The van der Waals surface area contributed by atoms with Crippen LogP contribution in [0.15, 0.2) is 12.7 Å². The van der Waals surface area contributed by atoms with Crippen molar-refractivity contribution in [3.05, 3.63) is 12.7 Å². The maximum absolute atomic E-state index is 7.80. The summed E-state index contributed by atoms with van der Waals surface area (Å²) in [6.07, 6.45) is 8.18. The van der Waals surface area contributed by atoms with Crippen LogP contribution in [-0.4, -0.2) is 248 Å². The predicted octanol–water partition coefficient (Wildman–Crippen LogP) is 16.9. The third kappa shape index (κ3) is 61.9. The Hall–Kier alpha value is 5.01. The maximum atomic E-state index is 7.80. The van der Waals surface area contributed by atoms with Gasteiger partial charge in [0, 0.05) is 36.8 Å². The molecule has 0 aliphatic carbocycles. The Morgan fingerprint density at radius 2 is 0.514 bits per heavy atom. The number of hydrogen-bond acceptors (Lipinski definition) is 20. The van der Waals surface area contributed by atoms with E-state index in [4.69, 9.17) is 82.3 Å². The quantitative estimate of drug-likeness (QED) is 0.0318. The van der Waals surface area contributed by atoms with Crippen molar-refractivity contribution in [1.29, 1.82) is 0 Å². The lowest BCUT2D eigenvalue weighted by molar-refractivity contribution is 0.247. The molecule has 0 saturated heterocycles. The van der Waals surface area contributed by atoms with Crippen LogP contribution in [0.5, 0.6) is 0 Å². The molecular formula is C63H184O20Si28. The van der Waals surface area contributed by atoms with Crippen LogP contribution >= 0.6 is 0 Å². The lowest BCUT2D eigenvalue weighted by Gasteiger charge is -2.46. The van der Waals surface area contributed by atoms with E-state index in [1.165, 1.54) is 37.0 Å². The molecule has 0 amide bonds. The Kier molecular flexibility index (Phi) is 53.7. The van der Waals surface area contributed by atoms with Gasteiger partial charge >= 0.3 is 52.8 Å². The molecule has 0 saturated carbocycles. The highest BCUT2D eigenvalue weighted by Gasteiger charge is 2.57. The van der Waals surface area contributed by atoms with Crippen molar-refractivity contribution in [1.82, 2.24) is 0 Å². The van der Waals surface area contributed by atoms with E-state index in [2.05, 4.69) is 282 Å². The van der Waals surface area contributed by atoms with Crippen molar-refractivity contribution < 1.29 is 82.3 Å². The van der Waals surface area contributed by atoms with Crippen molar-refractivity contribution in [2.24, 2.45) is 0 Å². The van der Waals surface area contributed by atoms with Crippen LogP contribution in [0.2, 0.25) is 354 Å². The van der Waals surface area contributed by atoms with Gasteiger partial charge in [-0.15, -0.1) is 6.58 Å². The Balaban J connectivity index is 0. The van der Waals surface area contributed by atoms with Crippen molar-refractivity contribution in [3.63, 3.8) is 0 Å². The molecule has 0 radical (unpaired) electrons. The van der Waals surface area contributed by atoms with Gasteiger partial charge in [-0.05, 0) is 329 Å². The summed E-state index contributed by atoms with van der Waals surface area (Å²) in [5.74, 6) is 0. The summed E-state index contributed by atoms with van der Waals surface area (Å²) in [6, 6.07) is 12.5. The Morgan fingerprint density at radius 1 is 0.288 bits per heavy atom. The van der Waals surface area contributed by atoms with Gasteiger partial charge in [-0.1, -0.05) is 32.0 Å². The van der Waals surface area contributed by atoms with Crippen LogP contribution in [0.4, 0.5) is 0 Å². The molecule has 2 unspecified atom stereocenters. The minimum absolute atomic E-state index is 0.232. The second kappa shape index (κ2) is 50.5. The number of allylic oxidation sites excluding steroid dienone is 1. The zero-order valence-electron chi connectivity index (χ0n) is 80.9. The molecule has 0 bridgehead atoms. The number of hydrogen-bond donors (Lipinski definition) is 0. The van der Waals surface area contributed by atoms with Crippen molar-refractivity contribution in [3.8, 4) is 0 Å². The van der Waals surface area contributed by atoms with Crippen molar-refractivity contribution >= 4 is 248 Å². The average molecular weight is 2050 g/mol. The van der Waals surface area contributed by atoms with E-state index in [0.29, 0.717) is 27.0 Å². The fraction of sp³-hybridized carbons (Fsp3) is 0.968. The summed E-state index contributed by atoms with van der Waals surface area (Å²) in [7, 11) is -49.3. The molecule has 0 heterocycles. The molecule has 48 heteroatoms. The highest BCUT2D eigenvalue weighted by atomic mass is 28.5. The second-order valence-corrected chi connectivity index (χ2v) is 137. The number of rotatable bonds is 64. The monoisotopic (exact) mass is 2040 g/mol. The van der Waals surface area contributed by atoms with Gasteiger partial charge in [0.1, 0.15) is 60.0 Å². The minimum Gasteiger partial charge on any atom is -0.465 e. The van der Waals surface area contributed by atoms with E-state index in [0.717, 1.165) is 74.0 Å². The molecule has 0 aromatic heterocycles. The lowest BCUT2D eigenvalue weighted by Crippen LogP contribution is -2.62. The lowest BCUT2D eigenvalue weighted by atomic mass is 10.6. The highest BCUT2D eigenvalue weighted by Crippen LogP contribution is 2.40. The summed E-state index contributed by atoms with van der Waals surface area (Å²) in [5.41, 5.74) is 0. The molecular weight excluding hydrogens is 1860 g/mol. The summed E-state index contributed by atoms with van der Waals surface area (Å²) in [5, 5.41) is 0. The molecule has 0 rings (SSSR count). The van der Waals surface area contributed by atoms with Gasteiger partial charge < -0.3 is 82.3 Å². The summed E-state index contributed by atoms with van der Waals surface area (Å²) >= 11 is 0. The van der Waals surface area contributed by atoms with Gasteiger partial charge in [-0.2, -0.15) is 0 Å². The first-order chi connectivity index (χ1) is 49.5. The zero-order valence-corrected chi connectivity index (χ0v) is 113. The van der Waals surface area contributed by atoms with Gasteiger partial charge in [0.05, 0.1) is 0 Å². The Bertz CT molecular complexity index is 2210. The second-order valence-electron chi connectivity index (χ2n) is 42.4. The van der Waals surface area contributed by atoms with E-state index in [9.17, 15) is 0 Å². The van der Waals surface area contributed by atoms with Crippen LogP contribution in [0.3, 0.4) is 0 Å². The topological polar surface area (TPSA) is 185 Å². The summed E-state index contributed by atoms with van der Waals surface area (Å²) < 4.78 is 138. The molecule has 0 spiro atoms. The van der Waals surface area contributed by atoms with E-state index >= 15 is 0 Å². The molecule has 0 aliphatic rings. The average Bonchev–Trinajstić information content (AvgIpc) is 0.791. The SMILES string of the molecule is C=CC[Si](O[Si](C)(C)CCC[Si](O[Si](C)(C)C)(O[Si](C)(C)C)O[Si](C)(C)C)(O[Si](C)(C)CCC[Si](O[Si](C)(C)C)(O[Si](C)(C)C)O[Si](C)(C)C)O[Si](C)(C)CCC[Si](O[Si](C)(C)C)(O[Si](C)(C)C)O[Si](C)(C)C.C[SiH2]O[SiH2]CCC[SiH](C)O[Si](C)(O[SiH](C)CCC[SiH2]O[SiH2]C)O[Si](C)(C)CCC[Si](O[SiH3])(O[SiH3])O[SiH](C)C. The molecule has 111 heavy (non-hydrogen) atoms. The third-order valence-corrected chi connectivity index (χ3v) is 98.6. The Labute approximate surface area is 728 Å². The van der Waals surface area contributed by atoms with Gasteiger partial charge in [0.15, 0.2) is 135 Å². The van der Waals surface area contributed by atoms with Crippen LogP contribution < -0.4 is 0 Å². The molecule has 0 aromatic carbocycles. The molecule has 20 nitrogen and oxygen atoms in total. The molecule has 0 fully saturated rings. The van der Waals surface area contributed by atoms with Crippen molar-refractivity contribution in [2.75, 3.05) is 0 Å². The largest absolute Gasteiger partial charge is 0.473 e. The van der Waals surface area contributed by atoms with Crippen molar-refractivity contribution in [2.45, 2.75) is 392 Å². The first-order valence-electron chi connectivity index (χ1n) is 42.5. The van der Waals surface area contributed by atoms with E-state index in [-0.39, 0.29) is 39.1 Å². The summed E-state index contributed by atoms with van der Waals surface area (Å²) in [6.45, 7) is 100.